The van der Waals surface area contributed by atoms with Crippen molar-refractivity contribution in [1.29, 1.82) is 0 Å². The molecule has 1 amide bonds. The summed E-state index contributed by atoms with van der Waals surface area (Å²) >= 11 is 0. The molecule has 1 aliphatic rings. The fourth-order valence-corrected chi connectivity index (χ4v) is 4.68. The third kappa shape index (κ3) is 7.12. The molecule has 180 valence electrons. The Kier molecular flexibility index (Phi) is 7.88. The zero-order chi connectivity index (χ0) is 24.1. The monoisotopic (exact) mass is 484 g/mol. The first-order valence-electron chi connectivity index (χ1n) is 10.8. The summed E-state index contributed by atoms with van der Waals surface area (Å²) in [6.07, 6.45) is -3.14. The van der Waals surface area contributed by atoms with Crippen LogP contribution < -0.4 is 15.0 Å². The van der Waals surface area contributed by atoms with E-state index in [-0.39, 0.29) is 36.3 Å². The summed E-state index contributed by atoms with van der Waals surface area (Å²) in [4.78, 5) is 14.8. The van der Waals surface area contributed by atoms with E-state index in [4.69, 9.17) is 0 Å². The molecule has 1 heterocycles. The number of hydrogen-bond acceptors (Lipinski definition) is 5. The molecule has 1 saturated heterocycles. The van der Waals surface area contributed by atoms with Crippen molar-refractivity contribution in [1.82, 2.24) is 5.32 Å². The summed E-state index contributed by atoms with van der Waals surface area (Å²) in [6.45, 7) is 3.01. The molecule has 0 bridgehead atoms. The topological polar surface area (TPSA) is 75.7 Å². The molecule has 0 unspecified atom stereocenters. The van der Waals surface area contributed by atoms with Crippen molar-refractivity contribution < 1.29 is 31.1 Å². The lowest BCUT2D eigenvalue weighted by Crippen LogP contribution is -2.44. The summed E-state index contributed by atoms with van der Waals surface area (Å²) < 4.78 is 65.5. The zero-order valence-electron chi connectivity index (χ0n) is 18.3. The SMILES string of the molecule is CCS(=O)(=O)c1ccc(N2CCC(NC(=O)CCc3ccccc3OC(F)(F)F)CC2)cc1. The Morgan fingerprint density at radius 3 is 2.33 bits per heavy atom. The van der Waals surface area contributed by atoms with E-state index < -0.39 is 16.2 Å². The average Bonchev–Trinajstić information content (AvgIpc) is 2.78. The van der Waals surface area contributed by atoms with E-state index in [1.807, 2.05) is 0 Å². The number of nitrogens with one attached hydrogen (secondary N) is 1. The van der Waals surface area contributed by atoms with Crippen molar-refractivity contribution in [2.75, 3.05) is 23.7 Å². The van der Waals surface area contributed by atoms with Gasteiger partial charge in [-0.15, -0.1) is 13.2 Å². The number of benzene rings is 2. The molecule has 6 nitrogen and oxygen atoms in total. The molecular weight excluding hydrogens is 457 g/mol. The van der Waals surface area contributed by atoms with Gasteiger partial charge in [0.1, 0.15) is 5.75 Å². The van der Waals surface area contributed by atoms with Crippen LogP contribution in [0.2, 0.25) is 0 Å². The molecule has 33 heavy (non-hydrogen) atoms. The van der Waals surface area contributed by atoms with E-state index in [1.54, 1.807) is 37.3 Å². The summed E-state index contributed by atoms with van der Waals surface area (Å²) in [7, 11) is -3.23. The molecule has 0 atom stereocenters. The van der Waals surface area contributed by atoms with Gasteiger partial charge in [-0.05, 0) is 55.2 Å². The fraction of sp³-hybridized carbons (Fsp3) is 0.435. The smallest absolute Gasteiger partial charge is 0.406 e. The molecule has 3 rings (SSSR count). The van der Waals surface area contributed by atoms with Crippen LogP contribution in [0.3, 0.4) is 0 Å². The van der Waals surface area contributed by atoms with Gasteiger partial charge in [0.15, 0.2) is 9.84 Å². The van der Waals surface area contributed by atoms with Crippen molar-refractivity contribution >= 4 is 21.4 Å². The molecular formula is C23H27F3N2O4S. The van der Waals surface area contributed by atoms with Gasteiger partial charge in [0.25, 0.3) is 0 Å². The van der Waals surface area contributed by atoms with Gasteiger partial charge in [-0.2, -0.15) is 0 Å². The Morgan fingerprint density at radius 2 is 1.73 bits per heavy atom. The minimum atomic E-state index is -4.78. The van der Waals surface area contributed by atoms with Crippen molar-refractivity contribution in [3.63, 3.8) is 0 Å². The van der Waals surface area contributed by atoms with Crippen molar-refractivity contribution in [2.45, 2.75) is 49.9 Å². The van der Waals surface area contributed by atoms with Gasteiger partial charge in [0.05, 0.1) is 10.6 Å². The molecule has 0 spiro atoms. The van der Waals surface area contributed by atoms with Crippen LogP contribution in [0.15, 0.2) is 53.4 Å². The molecule has 0 saturated carbocycles. The number of nitrogens with zero attached hydrogens (tertiary/aromatic N) is 1. The van der Waals surface area contributed by atoms with Gasteiger partial charge in [0, 0.05) is 31.2 Å². The summed E-state index contributed by atoms with van der Waals surface area (Å²) in [5, 5.41) is 2.96. The third-order valence-corrected chi connectivity index (χ3v) is 7.37. The van der Waals surface area contributed by atoms with E-state index in [2.05, 4.69) is 15.0 Å². The minimum Gasteiger partial charge on any atom is -0.406 e. The van der Waals surface area contributed by atoms with Crippen molar-refractivity contribution in [2.24, 2.45) is 0 Å². The highest BCUT2D eigenvalue weighted by molar-refractivity contribution is 7.91. The maximum atomic E-state index is 12.5. The molecule has 2 aromatic rings. The number of carbonyl (C=O) groups is 1. The molecule has 0 aliphatic carbocycles. The second kappa shape index (κ2) is 10.5. The molecule has 10 heteroatoms. The van der Waals surface area contributed by atoms with E-state index in [0.717, 1.165) is 5.69 Å². The molecule has 1 aliphatic heterocycles. The molecule has 2 aromatic carbocycles. The Hall–Kier alpha value is -2.75. The summed E-state index contributed by atoms with van der Waals surface area (Å²) in [5.74, 6) is -0.452. The second-order valence-corrected chi connectivity index (χ2v) is 10.2. The van der Waals surface area contributed by atoms with Crippen LogP contribution in [0.5, 0.6) is 5.75 Å². The number of carbonyl (C=O) groups excluding carboxylic acids is 1. The number of hydrogen-bond donors (Lipinski definition) is 1. The van der Waals surface area contributed by atoms with E-state index in [9.17, 15) is 26.4 Å². The van der Waals surface area contributed by atoms with Crippen molar-refractivity contribution in [3.05, 3.63) is 54.1 Å². The number of anilines is 1. The van der Waals surface area contributed by atoms with Gasteiger partial charge in [-0.1, -0.05) is 25.1 Å². The number of rotatable bonds is 8. The van der Waals surface area contributed by atoms with E-state index in [0.29, 0.717) is 36.4 Å². The van der Waals surface area contributed by atoms with E-state index in [1.165, 1.54) is 18.2 Å². The number of amides is 1. The normalized spacial score (nSPS) is 15.3. The number of piperidine rings is 1. The lowest BCUT2D eigenvalue weighted by Gasteiger charge is -2.34. The van der Waals surface area contributed by atoms with Gasteiger partial charge < -0.3 is 15.0 Å². The quantitative estimate of drug-likeness (QED) is 0.611. The van der Waals surface area contributed by atoms with E-state index >= 15 is 0 Å². The number of sulfone groups is 1. The Labute approximate surface area is 191 Å². The largest absolute Gasteiger partial charge is 0.573 e. The Morgan fingerprint density at radius 1 is 1.09 bits per heavy atom. The molecule has 1 fully saturated rings. The predicted molar refractivity (Wildman–Crippen MR) is 119 cm³/mol. The van der Waals surface area contributed by atoms with Gasteiger partial charge in [-0.3, -0.25) is 4.79 Å². The predicted octanol–water partition coefficient (Wildman–Crippen LogP) is 4.10. The maximum absolute atomic E-state index is 12.5. The highest BCUT2D eigenvalue weighted by atomic mass is 32.2. The summed E-state index contributed by atoms with van der Waals surface area (Å²) in [5.41, 5.74) is 1.25. The van der Waals surface area contributed by atoms with Crippen LogP contribution in [0, 0.1) is 0 Å². The van der Waals surface area contributed by atoms with Crippen LogP contribution in [0.25, 0.3) is 0 Å². The lowest BCUT2D eigenvalue weighted by molar-refractivity contribution is -0.274. The first-order chi connectivity index (χ1) is 15.6. The van der Waals surface area contributed by atoms with Gasteiger partial charge >= 0.3 is 6.36 Å². The second-order valence-electron chi connectivity index (χ2n) is 7.88. The van der Waals surface area contributed by atoms with Gasteiger partial charge in [-0.25, -0.2) is 8.42 Å². The lowest BCUT2D eigenvalue weighted by atomic mass is 10.0. The average molecular weight is 485 g/mol. The molecule has 1 N–H and O–H groups in total. The highest BCUT2D eigenvalue weighted by Crippen LogP contribution is 2.27. The highest BCUT2D eigenvalue weighted by Gasteiger charge is 2.32. The number of alkyl halides is 3. The Bertz CT molecular complexity index is 1050. The number of halogens is 3. The third-order valence-electron chi connectivity index (χ3n) is 5.62. The van der Waals surface area contributed by atoms with Crippen LogP contribution >= 0.6 is 0 Å². The number of ether oxygens (including phenoxy) is 1. The zero-order valence-corrected chi connectivity index (χ0v) is 19.1. The van der Waals surface area contributed by atoms with Crippen molar-refractivity contribution in [3.8, 4) is 5.75 Å². The van der Waals surface area contributed by atoms with Crippen LogP contribution in [-0.4, -0.2) is 45.6 Å². The van der Waals surface area contributed by atoms with Crippen LogP contribution in [0.4, 0.5) is 18.9 Å². The fourth-order valence-electron chi connectivity index (χ4n) is 3.80. The summed E-state index contributed by atoms with van der Waals surface area (Å²) in [6, 6.07) is 12.6. The molecule has 0 radical (unpaired) electrons. The standard InChI is InChI=1S/C23H27F3N2O4S/c1-2-33(30,31)20-10-8-19(9-11-20)28-15-13-18(14-16-28)27-22(29)12-7-17-5-3-4-6-21(17)32-23(24,25)26/h3-6,8-11,18H,2,7,12-16H2,1H3,(H,27,29). The molecule has 0 aromatic heterocycles. The van der Waals surface area contributed by atoms with Crippen LogP contribution in [0.1, 0.15) is 31.7 Å². The first kappa shape index (κ1) is 24.9. The maximum Gasteiger partial charge on any atom is 0.573 e. The first-order valence-corrected chi connectivity index (χ1v) is 12.4. The Balaban J connectivity index is 1.47. The number of para-hydroxylation sites is 1. The minimum absolute atomic E-state index is 0.0184. The van der Waals surface area contributed by atoms with Crippen LogP contribution in [-0.2, 0) is 21.1 Å². The number of aryl methyl sites for hydroxylation is 1. The van der Waals surface area contributed by atoms with Gasteiger partial charge in [0.2, 0.25) is 5.91 Å².